The van der Waals surface area contributed by atoms with Gasteiger partial charge in [-0.05, 0) is 25.5 Å². The van der Waals surface area contributed by atoms with E-state index in [-0.39, 0.29) is 17.4 Å². The summed E-state index contributed by atoms with van der Waals surface area (Å²) in [5.41, 5.74) is 1.55. The zero-order valence-corrected chi connectivity index (χ0v) is 15.5. The normalized spacial score (nSPS) is 11.1. The number of nitrogens with one attached hydrogen (secondary N) is 2. The number of aromatic nitrogens is 6. The summed E-state index contributed by atoms with van der Waals surface area (Å²) >= 11 is 0. The van der Waals surface area contributed by atoms with E-state index in [0.717, 1.165) is 12.1 Å². The molecule has 9 heteroatoms. The molecule has 0 aliphatic carbocycles. The van der Waals surface area contributed by atoms with Crippen LogP contribution in [0.2, 0.25) is 0 Å². The lowest BCUT2D eigenvalue weighted by molar-refractivity contribution is -0.116. The number of nitrogens with zero attached hydrogens (tertiary/aromatic N) is 5. The van der Waals surface area contributed by atoms with Crippen molar-refractivity contribution < 1.29 is 4.79 Å². The summed E-state index contributed by atoms with van der Waals surface area (Å²) in [7, 11) is 0. The molecule has 28 heavy (non-hydrogen) atoms. The second kappa shape index (κ2) is 7.10. The van der Waals surface area contributed by atoms with Crippen molar-refractivity contribution in [3.63, 3.8) is 0 Å². The minimum Gasteiger partial charge on any atom is -0.310 e. The van der Waals surface area contributed by atoms with Crippen molar-refractivity contribution in [3.05, 3.63) is 58.6 Å². The van der Waals surface area contributed by atoms with Crippen LogP contribution in [0.1, 0.15) is 25.5 Å². The summed E-state index contributed by atoms with van der Waals surface area (Å²) < 4.78 is 3.02. The summed E-state index contributed by atoms with van der Waals surface area (Å²) in [6, 6.07) is 11.2. The standard InChI is InChI=1S/C19H19N7O2/c1-3-7-16(27)21-15-10-12(2)24-26(15)19-22-17-14(18(28)23-19)11-20-25(17)13-8-5-4-6-9-13/h4-6,8-11H,3,7H2,1-2H3,(H,21,27)(H,22,23,28). The van der Waals surface area contributed by atoms with Crippen molar-refractivity contribution in [1.29, 1.82) is 0 Å². The van der Waals surface area contributed by atoms with Crippen LogP contribution in [0, 0.1) is 6.92 Å². The molecular weight excluding hydrogens is 358 g/mol. The van der Waals surface area contributed by atoms with E-state index >= 15 is 0 Å². The second-order valence-electron chi connectivity index (χ2n) is 6.40. The first-order valence-corrected chi connectivity index (χ1v) is 8.97. The maximum absolute atomic E-state index is 12.6. The molecule has 3 heterocycles. The number of fused-ring (bicyclic) bond motifs is 1. The SMILES string of the molecule is CCCC(=O)Nc1cc(C)nn1-c1nc2c(cnn2-c2ccccc2)c(=O)[nH]1. The molecule has 1 amide bonds. The van der Waals surface area contributed by atoms with E-state index in [1.165, 1.54) is 10.9 Å². The van der Waals surface area contributed by atoms with Gasteiger partial charge in [-0.1, -0.05) is 25.1 Å². The number of benzene rings is 1. The monoisotopic (exact) mass is 377 g/mol. The Kier molecular flexibility index (Phi) is 4.48. The summed E-state index contributed by atoms with van der Waals surface area (Å²) in [6.45, 7) is 3.73. The van der Waals surface area contributed by atoms with Crippen LogP contribution >= 0.6 is 0 Å². The molecule has 0 atom stereocenters. The lowest BCUT2D eigenvalue weighted by Crippen LogP contribution is -2.18. The van der Waals surface area contributed by atoms with Gasteiger partial charge in [-0.3, -0.25) is 14.6 Å². The van der Waals surface area contributed by atoms with Crippen molar-refractivity contribution in [2.45, 2.75) is 26.7 Å². The predicted molar refractivity (Wildman–Crippen MR) is 105 cm³/mol. The van der Waals surface area contributed by atoms with Crippen LogP contribution in [0.3, 0.4) is 0 Å². The molecule has 0 spiro atoms. The zero-order chi connectivity index (χ0) is 19.7. The molecule has 0 fully saturated rings. The molecule has 142 valence electrons. The molecule has 2 N–H and O–H groups in total. The second-order valence-corrected chi connectivity index (χ2v) is 6.40. The Hall–Kier alpha value is -3.75. The molecule has 0 saturated heterocycles. The first-order chi connectivity index (χ1) is 13.6. The highest BCUT2D eigenvalue weighted by Gasteiger charge is 2.16. The zero-order valence-electron chi connectivity index (χ0n) is 15.5. The number of carbonyl (C=O) groups is 1. The fourth-order valence-electron chi connectivity index (χ4n) is 2.95. The molecule has 0 aliphatic heterocycles. The maximum atomic E-state index is 12.6. The average Bonchev–Trinajstić information content (AvgIpc) is 3.26. The van der Waals surface area contributed by atoms with E-state index in [0.29, 0.717) is 29.0 Å². The number of hydrogen-bond donors (Lipinski definition) is 2. The quantitative estimate of drug-likeness (QED) is 0.555. The maximum Gasteiger partial charge on any atom is 0.263 e. The molecule has 0 radical (unpaired) electrons. The van der Waals surface area contributed by atoms with Crippen LogP contribution in [-0.2, 0) is 4.79 Å². The number of H-pyrrole nitrogens is 1. The Bertz CT molecular complexity index is 1200. The fraction of sp³-hybridized carbons (Fsp3) is 0.211. The van der Waals surface area contributed by atoms with Crippen molar-refractivity contribution in [2.24, 2.45) is 0 Å². The fourth-order valence-corrected chi connectivity index (χ4v) is 2.95. The summed E-state index contributed by atoms with van der Waals surface area (Å²) in [5, 5.41) is 11.8. The van der Waals surface area contributed by atoms with E-state index in [2.05, 4.69) is 25.5 Å². The van der Waals surface area contributed by atoms with E-state index in [4.69, 9.17) is 0 Å². The number of aromatic amines is 1. The van der Waals surface area contributed by atoms with Gasteiger partial charge in [-0.15, -0.1) is 0 Å². The van der Waals surface area contributed by atoms with Gasteiger partial charge in [-0.2, -0.15) is 19.9 Å². The van der Waals surface area contributed by atoms with Gasteiger partial charge >= 0.3 is 0 Å². The lowest BCUT2D eigenvalue weighted by Gasteiger charge is -2.08. The third-order valence-corrected chi connectivity index (χ3v) is 4.20. The Morgan fingerprint density at radius 3 is 2.75 bits per heavy atom. The van der Waals surface area contributed by atoms with E-state index in [9.17, 15) is 9.59 Å². The molecule has 4 aromatic rings. The van der Waals surface area contributed by atoms with Crippen molar-refractivity contribution in [1.82, 2.24) is 29.5 Å². The highest BCUT2D eigenvalue weighted by atomic mass is 16.1. The molecule has 0 aliphatic rings. The molecule has 0 bridgehead atoms. The van der Waals surface area contributed by atoms with Crippen LogP contribution in [0.4, 0.5) is 5.82 Å². The Morgan fingerprint density at radius 2 is 2.00 bits per heavy atom. The average molecular weight is 377 g/mol. The molecule has 0 unspecified atom stereocenters. The van der Waals surface area contributed by atoms with Gasteiger partial charge < -0.3 is 5.32 Å². The molecule has 0 saturated carbocycles. The Labute approximate surface area is 160 Å². The number of aryl methyl sites for hydroxylation is 1. The number of rotatable bonds is 5. The van der Waals surface area contributed by atoms with Gasteiger partial charge in [-0.25, -0.2) is 4.68 Å². The number of anilines is 1. The topological polar surface area (TPSA) is 110 Å². The Morgan fingerprint density at radius 1 is 1.21 bits per heavy atom. The van der Waals surface area contributed by atoms with Gasteiger partial charge in [0.15, 0.2) is 5.65 Å². The third-order valence-electron chi connectivity index (χ3n) is 4.20. The van der Waals surface area contributed by atoms with Gasteiger partial charge in [0, 0.05) is 12.5 Å². The highest BCUT2D eigenvalue weighted by Crippen LogP contribution is 2.18. The number of hydrogen-bond acceptors (Lipinski definition) is 5. The molecule has 3 aromatic heterocycles. The van der Waals surface area contributed by atoms with E-state index in [1.807, 2.05) is 37.3 Å². The smallest absolute Gasteiger partial charge is 0.263 e. The van der Waals surface area contributed by atoms with Gasteiger partial charge in [0.2, 0.25) is 11.9 Å². The van der Waals surface area contributed by atoms with Gasteiger partial charge in [0.05, 0.1) is 17.6 Å². The first-order valence-electron chi connectivity index (χ1n) is 8.97. The Balaban J connectivity index is 1.85. The molecule has 9 nitrogen and oxygen atoms in total. The van der Waals surface area contributed by atoms with Crippen LogP contribution < -0.4 is 10.9 Å². The van der Waals surface area contributed by atoms with Crippen molar-refractivity contribution in [3.8, 4) is 11.6 Å². The first kappa shape index (κ1) is 17.7. The highest BCUT2D eigenvalue weighted by molar-refractivity contribution is 5.90. The lowest BCUT2D eigenvalue weighted by atomic mass is 10.3. The summed E-state index contributed by atoms with van der Waals surface area (Å²) in [4.78, 5) is 31.9. The number of amides is 1. The van der Waals surface area contributed by atoms with Gasteiger partial charge in [0.1, 0.15) is 11.2 Å². The predicted octanol–water partition coefficient (Wildman–Crippen LogP) is 2.34. The largest absolute Gasteiger partial charge is 0.310 e. The number of para-hydroxylation sites is 1. The summed E-state index contributed by atoms with van der Waals surface area (Å²) in [5.74, 6) is 0.528. The third kappa shape index (κ3) is 3.18. The van der Waals surface area contributed by atoms with Crippen molar-refractivity contribution in [2.75, 3.05) is 5.32 Å². The van der Waals surface area contributed by atoms with E-state index in [1.54, 1.807) is 17.7 Å². The van der Waals surface area contributed by atoms with Gasteiger partial charge in [0.25, 0.3) is 5.56 Å². The van der Waals surface area contributed by atoms with Crippen LogP contribution in [0.25, 0.3) is 22.7 Å². The molecule has 4 rings (SSSR count). The van der Waals surface area contributed by atoms with Crippen LogP contribution in [-0.4, -0.2) is 35.4 Å². The summed E-state index contributed by atoms with van der Waals surface area (Å²) in [6.07, 6.45) is 2.61. The van der Waals surface area contributed by atoms with E-state index < -0.39 is 0 Å². The minimum atomic E-state index is -0.332. The van der Waals surface area contributed by atoms with Crippen molar-refractivity contribution >= 4 is 22.8 Å². The minimum absolute atomic E-state index is 0.124. The van der Waals surface area contributed by atoms with Crippen LogP contribution in [0.15, 0.2) is 47.4 Å². The van der Waals surface area contributed by atoms with Crippen LogP contribution in [0.5, 0.6) is 0 Å². The molecular formula is C19H19N7O2. The molecule has 1 aromatic carbocycles. The number of carbonyl (C=O) groups excluding carboxylic acids is 1.